The topological polar surface area (TPSA) is 27.6 Å². The lowest BCUT2D eigenvalue weighted by atomic mass is 10.4. The molecule has 3 heteroatoms. The van der Waals surface area contributed by atoms with Crippen LogP contribution < -0.4 is 5.32 Å². The van der Waals surface area contributed by atoms with E-state index in [0.29, 0.717) is 0 Å². The molecule has 1 aliphatic rings. The molecule has 3 nitrogen and oxygen atoms in total. The number of hydrazone groups is 1. The van der Waals surface area contributed by atoms with Crippen LogP contribution in [0.3, 0.4) is 0 Å². The lowest BCUT2D eigenvalue weighted by Crippen LogP contribution is -2.40. The van der Waals surface area contributed by atoms with Crippen LogP contribution in [0.5, 0.6) is 0 Å². The summed E-state index contributed by atoms with van der Waals surface area (Å²) in [5.41, 5.74) is 0. The summed E-state index contributed by atoms with van der Waals surface area (Å²) in [6.45, 7) is 7.52. The second-order valence-electron chi connectivity index (χ2n) is 1.85. The number of nitrogens with zero attached hydrogens (tertiary/aromatic N) is 2. The second-order valence-corrected chi connectivity index (χ2v) is 1.85. The van der Waals surface area contributed by atoms with E-state index in [0.717, 1.165) is 26.2 Å². The van der Waals surface area contributed by atoms with Crippen molar-refractivity contribution < 1.29 is 0 Å². The molecule has 0 aliphatic carbocycles. The summed E-state index contributed by atoms with van der Waals surface area (Å²) in [5.74, 6) is 0. The predicted molar refractivity (Wildman–Crippen MR) is 34.0 cm³/mol. The number of rotatable bonds is 1. The van der Waals surface area contributed by atoms with Crippen LogP contribution in [0.4, 0.5) is 0 Å². The highest BCUT2D eigenvalue weighted by molar-refractivity contribution is 5.22. The van der Waals surface area contributed by atoms with Crippen LogP contribution in [-0.4, -0.2) is 37.9 Å². The second kappa shape index (κ2) is 2.67. The molecule has 0 aromatic carbocycles. The fourth-order valence-corrected chi connectivity index (χ4v) is 0.794. The van der Waals surface area contributed by atoms with Crippen molar-refractivity contribution in [2.45, 2.75) is 0 Å². The maximum Gasteiger partial charge on any atom is 0.0485 e. The molecule has 0 unspecified atom stereocenters. The summed E-state index contributed by atoms with van der Waals surface area (Å²) in [5, 5.41) is 8.98. The highest BCUT2D eigenvalue weighted by Gasteiger charge is 2.03. The molecule has 1 saturated heterocycles. The van der Waals surface area contributed by atoms with Crippen molar-refractivity contribution in [2.24, 2.45) is 5.10 Å². The molecule has 0 amide bonds. The third kappa shape index (κ3) is 1.20. The van der Waals surface area contributed by atoms with E-state index in [1.165, 1.54) is 0 Å². The Balaban J connectivity index is 2.22. The van der Waals surface area contributed by atoms with Crippen LogP contribution in [0.1, 0.15) is 0 Å². The average Bonchev–Trinajstić information content (AvgIpc) is 1.90. The van der Waals surface area contributed by atoms with E-state index in [9.17, 15) is 0 Å². The van der Waals surface area contributed by atoms with Crippen LogP contribution >= 0.6 is 0 Å². The summed E-state index contributed by atoms with van der Waals surface area (Å²) in [7, 11) is 0. The lowest BCUT2D eigenvalue weighted by molar-refractivity contribution is 0.254. The highest BCUT2D eigenvalue weighted by atomic mass is 15.5. The molecule has 0 bridgehead atoms. The zero-order valence-corrected chi connectivity index (χ0v) is 4.93. The van der Waals surface area contributed by atoms with Gasteiger partial charge in [0.1, 0.15) is 0 Å². The van der Waals surface area contributed by atoms with Gasteiger partial charge in [0, 0.05) is 32.9 Å². The van der Waals surface area contributed by atoms with Gasteiger partial charge in [0.05, 0.1) is 0 Å². The summed E-state index contributed by atoms with van der Waals surface area (Å²) >= 11 is 0. The summed E-state index contributed by atoms with van der Waals surface area (Å²) in [4.78, 5) is 0. The van der Waals surface area contributed by atoms with Gasteiger partial charge in [-0.3, -0.25) is 5.01 Å². The van der Waals surface area contributed by atoms with Gasteiger partial charge in [-0.05, 0) is 0 Å². The minimum absolute atomic E-state index is 1.00. The largest absolute Gasteiger partial charge is 0.313 e. The number of hydrogen-bond acceptors (Lipinski definition) is 3. The Labute approximate surface area is 49.4 Å². The molecule has 0 saturated carbocycles. The number of hydrogen-bond donors (Lipinski definition) is 1. The Bertz CT molecular complexity index is 75.7. The van der Waals surface area contributed by atoms with Gasteiger partial charge in [-0.1, -0.05) is 0 Å². The van der Waals surface area contributed by atoms with Gasteiger partial charge in [0.15, 0.2) is 0 Å². The van der Waals surface area contributed by atoms with Crippen molar-refractivity contribution in [1.82, 2.24) is 10.3 Å². The van der Waals surface area contributed by atoms with Crippen LogP contribution in [0.2, 0.25) is 0 Å². The third-order valence-electron chi connectivity index (χ3n) is 1.29. The van der Waals surface area contributed by atoms with Gasteiger partial charge >= 0.3 is 0 Å². The molecule has 8 heavy (non-hydrogen) atoms. The molecule has 0 aromatic heterocycles. The summed E-state index contributed by atoms with van der Waals surface area (Å²) in [6, 6.07) is 0. The van der Waals surface area contributed by atoms with E-state index in [1.54, 1.807) is 0 Å². The Morgan fingerprint density at radius 1 is 1.38 bits per heavy atom. The van der Waals surface area contributed by atoms with E-state index in [4.69, 9.17) is 0 Å². The van der Waals surface area contributed by atoms with Crippen molar-refractivity contribution in [3.05, 3.63) is 0 Å². The molecule has 0 radical (unpaired) electrons. The lowest BCUT2D eigenvalue weighted by Gasteiger charge is -2.23. The average molecular weight is 113 g/mol. The molecule has 1 heterocycles. The van der Waals surface area contributed by atoms with E-state index >= 15 is 0 Å². The Kier molecular flexibility index (Phi) is 1.86. The minimum atomic E-state index is 1.00. The molecule has 0 atom stereocenters. The standard InChI is InChI=1S/C5H11N3/c1-6-8-4-2-7-3-5-8/h7H,1-5H2. The monoisotopic (exact) mass is 113 g/mol. The molecule has 1 N–H and O–H groups in total. The first-order valence-corrected chi connectivity index (χ1v) is 2.86. The Morgan fingerprint density at radius 3 is 2.38 bits per heavy atom. The molecular weight excluding hydrogens is 102 g/mol. The smallest absolute Gasteiger partial charge is 0.0485 e. The zero-order valence-electron chi connectivity index (χ0n) is 4.93. The van der Waals surface area contributed by atoms with Crippen LogP contribution in [0.15, 0.2) is 5.10 Å². The first-order valence-electron chi connectivity index (χ1n) is 2.86. The summed E-state index contributed by atoms with van der Waals surface area (Å²) < 4.78 is 0. The Morgan fingerprint density at radius 2 is 2.00 bits per heavy atom. The molecule has 1 fully saturated rings. The highest BCUT2D eigenvalue weighted by Crippen LogP contribution is 1.88. The van der Waals surface area contributed by atoms with Crippen molar-refractivity contribution in [1.29, 1.82) is 0 Å². The third-order valence-corrected chi connectivity index (χ3v) is 1.29. The van der Waals surface area contributed by atoms with Gasteiger partial charge in [-0.25, -0.2) is 0 Å². The van der Waals surface area contributed by atoms with Gasteiger partial charge in [0.2, 0.25) is 0 Å². The molecule has 0 aromatic rings. The van der Waals surface area contributed by atoms with Crippen LogP contribution in [0, 0.1) is 0 Å². The van der Waals surface area contributed by atoms with Gasteiger partial charge in [-0.15, -0.1) is 0 Å². The molecule has 46 valence electrons. The zero-order chi connectivity index (χ0) is 5.82. The Hall–Kier alpha value is -0.570. The first kappa shape index (κ1) is 5.56. The van der Waals surface area contributed by atoms with Crippen LogP contribution in [-0.2, 0) is 0 Å². The maximum atomic E-state index is 3.79. The quantitative estimate of drug-likeness (QED) is 0.464. The fourth-order valence-electron chi connectivity index (χ4n) is 0.794. The number of piperazine rings is 1. The van der Waals surface area contributed by atoms with Gasteiger partial charge < -0.3 is 5.32 Å². The molecular formula is C5H11N3. The number of nitrogens with one attached hydrogen (secondary N) is 1. The van der Waals surface area contributed by atoms with Crippen LogP contribution in [0.25, 0.3) is 0 Å². The van der Waals surface area contributed by atoms with Gasteiger partial charge in [-0.2, -0.15) is 5.10 Å². The van der Waals surface area contributed by atoms with E-state index in [2.05, 4.69) is 17.1 Å². The van der Waals surface area contributed by atoms with E-state index < -0.39 is 0 Å². The fraction of sp³-hybridized carbons (Fsp3) is 0.800. The van der Waals surface area contributed by atoms with E-state index in [1.807, 2.05) is 5.01 Å². The molecule has 1 aliphatic heterocycles. The van der Waals surface area contributed by atoms with Crippen molar-refractivity contribution in [3.8, 4) is 0 Å². The van der Waals surface area contributed by atoms with Crippen molar-refractivity contribution in [3.63, 3.8) is 0 Å². The van der Waals surface area contributed by atoms with E-state index in [-0.39, 0.29) is 0 Å². The molecule has 1 rings (SSSR count). The summed E-state index contributed by atoms with van der Waals surface area (Å²) in [6.07, 6.45) is 0. The minimum Gasteiger partial charge on any atom is -0.313 e. The molecule has 0 spiro atoms. The van der Waals surface area contributed by atoms with Gasteiger partial charge in [0.25, 0.3) is 0 Å². The van der Waals surface area contributed by atoms with Crippen molar-refractivity contribution in [2.75, 3.05) is 26.2 Å². The maximum absolute atomic E-state index is 3.79. The normalized spacial score (nSPS) is 20.8. The predicted octanol–water partition coefficient (Wildman–Crippen LogP) is -0.493. The SMILES string of the molecule is C=NN1CCNCC1. The first-order chi connectivity index (χ1) is 3.93. The van der Waals surface area contributed by atoms with Crippen molar-refractivity contribution >= 4 is 6.72 Å².